The second kappa shape index (κ2) is 2.90. The second-order valence-electron chi connectivity index (χ2n) is 0.791. The summed E-state index contributed by atoms with van der Waals surface area (Å²) in [5.41, 5.74) is 4.98. The molecule has 0 aliphatic heterocycles. The van der Waals surface area contributed by atoms with Crippen LogP contribution in [-0.2, 0) is 0 Å². The topological polar surface area (TPSA) is 38.0 Å². The van der Waals surface area contributed by atoms with Crippen LogP contribution in [0.15, 0.2) is 0 Å². The molecule has 3 heteroatoms. The third-order valence-electron chi connectivity index (χ3n) is 0.299. The summed E-state index contributed by atoms with van der Waals surface area (Å²) in [5.74, 6) is 0. The van der Waals surface area contributed by atoms with Gasteiger partial charge in [-0.15, -0.1) is 0 Å². The molecule has 0 saturated carbocycles. The summed E-state index contributed by atoms with van der Waals surface area (Å²) in [6, 6.07) is 0. The smallest absolute Gasteiger partial charge is 0.163 e. The molecule has 6 heavy (non-hydrogen) atoms. The van der Waals surface area contributed by atoms with Crippen molar-refractivity contribution in [3.05, 3.63) is 6.92 Å². The molecule has 0 fully saturated rings. The van der Waals surface area contributed by atoms with E-state index in [9.17, 15) is 0 Å². The molecule has 0 amide bonds. The number of hydrogen-bond acceptors (Lipinski definition) is 1. The fourth-order valence-electron chi connectivity index (χ4n) is 0.123. The second-order valence-corrected chi connectivity index (χ2v) is 1.23. The van der Waals surface area contributed by atoms with E-state index >= 15 is 0 Å². The monoisotopic (exact) mass is 103 g/mol. The highest BCUT2D eigenvalue weighted by molar-refractivity contribution is 7.80. The van der Waals surface area contributed by atoms with Crippen LogP contribution in [0.4, 0.5) is 0 Å². The zero-order chi connectivity index (χ0) is 4.99. The predicted molar refractivity (Wildman–Crippen MR) is 30.1 cm³/mol. The van der Waals surface area contributed by atoms with Crippen molar-refractivity contribution in [1.29, 1.82) is 0 Å². The van der Waals surface area contributed by atoms with E-state index in [1.54, 1.807) is 0 Å². The van der Waals surface area contributed by atoms with Crippen molar-refractivity contribution in [3.8, 4) is 0 Å². The van der Waals surface area contributed by atoms with Crippen LogP contribution in [0, 0.1) is 6.92 Å². The lowest BCUT2D eigenvalue weighted by Gasteiger charge is -1.92. The molecular weight excluding hydrogens is 96.1 g/mol. The van der Waals surface area contributed by atoms with Gasteiger partial charge < -0.3 is 11.1 Å². The lowest BCUT2D eigenvalue weighted by atomic mass is 10.8. The van der Waals surface area contributed by atoms with Crippen molar-refractivity contribution in [2.45, 2.75) is 0 Å². The summed E-state index contributed by atoms with van der Waals surface area (Å²) in [4.78, 5) is 0. The first kappa shape index (κ1) is 5.69. The predicted octanol–water partition coefficient (Wildman–Crippen LogP) is -0.346. The van der Waals surface area contributed by atoms with E-state index in [0.29, 0.717) is 11.7 Å². The van der Waals surface area contributed by atoms with E-state index in [1.165, 1.54) is 0 Å². The summed E-state index contributed by atoms with van der Waals surface area (Å²) in [6.45, 7) is 4.01. The molecular formula is C3H7N2S. The van der Waals surface area contributed by atoms with Crippen LogP contribution < -0.4 is 11.1 Å². The van der Waals surface area contributed by atoms with Crippen LogP contribution in [0.5, 0.6) is 0 Å². The average molecular weight is 103 g/mol. The molecule has 0 aliphatic carbocycles. The van der Waals surface area contributed by atoms with Crippen LogP contribution in [0.1, 0.15) is 0 Å². The van der Waals surface area contributed by atoms with Gasteiger partial charge in [-0.05, 0) is 19.1 Å². The van der Waals surface area contributed by atoms with Gasteiger partial charge in [0.05, 0.1) is 0 Å². The lowest BCUT2D eigenvalue weighted by Crippen LogP contribution is -2.28. The van der Waals surface area contributed by atoms with Gasteiger partial charge in [-0.1, -0.05) is 0 Å². The molecule has 0 saturated heterocycles. The van der Waals surface area contributed by atoms with Gasteiger partial charge in [-0.2, -0.15) is 0 Å². The molecule has 0 unspecified atom stereocenters. The van der Waals surface area contributed by atoms with Crippen molar-refractivity contribution in [3.63, 3.8) is 0 Å². The van der Waals surface area contributed by atoms with Crippen LogP contribution in [0.25, 0.3) is 0 Å². The molecule has 0 aromatic rings. The Morgan fingerprint density at radius 2 is 2.50 bits per heavy atom. The Kier molecular flexibility index (Phi) is 2.75. The van der Waals surface area contributed by atoms with Gasteiger partial charge in [0.25, 0.3) is 0 Å². The largest absolute Gasteiger partial charge is 0.376 e. The fraction of sp³-hybridized carbons (Fsp3) is 0.333. The number of hydrogen-bond donors (Lipinski definition) is 2. The Morgan fingerprint density at radius 3 is 2.50 bits per heavy atom. The molecule has 2 nitrogen and oxygen atoms in total. The van der Waals surface area contributed by atoms with Gasteiger partial charge in [0, 0.05) is 6.54 Å². The molecule has 3 N–H and O–H groups in total. The Morgan fingerprint density at radius 1 is 2.00 bits per heavy atom. The van der Waals surface area contributed by atoms with Crippen LogP contribution >= 0.6 is 12.2 Å². The van der Waals surface area contributed by atoms with Crippen molar-refractivity contribution < 1.29 is 0 Å². The molecule has 35 valence electrons. The lowest BCUT2D eigenvalue weighted by molar-refractivity contribution is 1.05. The highest BCUT2D eigenvalue weighted by Gasteiger charge is 1.74. The molecule has 0 bridgehead atoms. The molecule has 0 rings (SSSR count). The summed E-state index contributed by atoms with van der Waals surface area (Å²) in [7, 11) is 0. The van der Waals surface area contributed by atoms with E-state index in [-0.39, 0.29) is 0 Å². The number of rotatable bonds is 1. The molecule has 1 radical (unpaired) electrons. The molecule has 0 spiro atoms. The standard InChI is InChI=1S/C3H7N2S/c1-2-5-3(4)6/h1-2H2,(H3,4,5,6). The number of nitrogens with two attached hydrogens (primary N) is 1. The third-order valence-corrected chi connectivity index (χ3v) is 0.444. The number of nitrogens with one attached hydrogen (secondary N) is 1. The van der Waals surface area contributed by atoms with E-state index in [1.807, 2.05) is 0 Å². The Bertz CT molecular complexity index is 52.8. The van der Waals surface area contributed by atoms with E-state index in [0.717, 1.165) is 0 Å². The minimum atomic E-state index is 0.310. The Balaban J connectivity index is 2.83. The number of thiocarbonyl (C=S) groups is 1. The highest BCUT2D eigenvalue weighted by Crippen LogP contribution is 1.51. The maximum absolute atomic E-state index is 4.98. The average Bonchev–Trinajstić information content (AvgIpc) is 1.35. The molecule has 0 aromatic carbocycles. The molecule has 0 aromatic heterocycles. The maximum Gasteiger partial charge on any atom is 0.163 e. The quantitative estimate of drug-likeness (QED) is 0.446. The first-order valence-electron chi connectivity index (χ1n) is 1.60. The van der Waals surface area contributed by atoms with E-state index in [2.05, 4.69) is 24.5 Å². The van der Waals surface area contributed by atoms with Crippen molar-refractivity contribution in [2.24, 2.45) is 5.73 Å². The molecule has 0 heterocycles. The van der Waals surface area contributed by atoms with Gasteiger partial charge in [0.1, 0.15) is 0 Å². The van der Waals surface area contributed by atoms with Gasteiger partial charge in [0.2, 0.25) is 0 Å². The van der Waals surface area contributed by atoms with Crippen LogP contribution in [0.3, 0.4) is 0 Å². The normalized spacial score (nSPS) is 7.50. The first-order chi connectivity index (χ1) is 2.77. The zero-order valence-corrected chi connectivity index (χ0v) is 4.22. The fourth-order valence-corrected chi connectivity index (χ4v) is 0.225. The summed E-state index contributed by atoms with van der Waals surface area (Å²) in [6.07, 6.45) is 0. The highest BCUT2D eigenvalue weighted by atomic mass is 32.1. The first-order valence-corrected chi connectivity index (χ1v) is 2.00. The van der Waals surface area contributed by atoms with Crippen LogP contribution in [-0.4, -0.2) is 11.7 Å². The minimum Gasteiger partial charge on any atom is -0.376 e. The zero-order valence-electron chi connectivity index (χ0n) is 3.40. The summed E-state index contributed by atoms with van der Waals surface area (Å²) >= 11 is 4.42. The minimum absolute atomic E-state index is 0.310. The van der Waals surface area contributed by atoms with Crippen molar-refractivity contribution in [2.75, 3.05) is 6.54 Å². The van der Waals surface area contributed by atoms with Gasteiger partial charge in [0.15, 0.2) is 5.11 Å². The Hall–Kier alpha value is -0.310. The third kappa shape index (κ3) is 3.69. The van der Waals surface area contributed by atoms with E-state index < -0.39 is 0 Å². The van der Waals surface area contributed by atoms with Crippen LogP contribution in [0.2, 0.25) is 0 Å². The van der Waals surface area contributed by atoms with Crippen molar-refractivity contribution >= 4 is 17.3 Å². The SMILES string of the molecule is [CH2]CNC(N)=S. The van der Waals surface area contributed by atoms with Gasteiger partial charge >= 0.3 is 0 Å². The van der Waals surface area contributed by atoms with Crippen molar-refractivity contribution in [1.82, 2.24) is 5.32 Å². The van der Waals surface area contributed by atoms with E-state index in [4.69, 9.17) is 5.73 Å². The molecule has 0 aliphatic rings. The Labute approximate surface area is 42.7 Å². The molecule has 0 atom stereocenters. The van der Waals surface area contributed by atoms with Gasteiger partial charge in [-0.25, -0.2) is 0 Å². The summed E-state index contributed by atoms with van der Waals surface area (Å²) < 4.78 is 0. The van der Waals surface area contributed by atoms with Gasteiger partial charge in [-0.3, -0.25) is 0 Å². The summed E-state index contributed by atoms with van der Waals surface area (Å²) in [5, 5.41) is 2.92. The maximum atomic E-state index is 4.98.